The van der Waals surface area contributed by atoms with E-state index in [9.17, 15) is 0 Å². The van der Waals surface area contributed by atoms with E-state index in [2.05, 4.69) is 6.92 Å². The van der Waals surface area contributed by atoms with E-state index in [0.29, 0.717) is 0 Å². The van der Waals surface area contributed by atoms with Gasteiger partial charge in [0.15, 0.2) is 0 Å². The van der Waals surface area contributed by atoms with Gasteiger partial charge in [0.2, 0.25) is 0 Å². The fraction of sp³-hybridized carbons (Fsp3) is 1.00. The molecule has 0 heterocycles. The quantitative estimate of drug-likeness (QED) is 0.282. The Hall–Kier alpha value is 0.270. The van der Waals surface area contributed by atoms with E-state index in [4.69, 9.17) is 9.84 Å². The zero-order valence-electron chi connectivity index (χ0n) is 15.9. The van der Waals surface area contributed by atoms with E-state index in [0.717, 1.165) is 5.75 Å². The van der Waals surface area contributed by atoms with Gasteiger partial charge in [-0.15, -0.1) is 0 Å². The fourth-order valence-electron chi connectivity index (χ4n) is 2.81. The Bertz CT molecular complexity index is 208. The average molecular weight is 347 g/mol. The predicted octanol–water partition coefficient (Wildman–Crippen LogP) is 6.21. The molecule has 0 spiro atoms. The minimum atomic E-state index is 0.0200. The lowest BCUT2D eigenvalue weighted by Gasteiger charge is -2.11. The van der Waals surface area contributed by atoms with Crippen LogP contribution in [0, 0.1) is 0 Å². The van der Waals surface area contributed by atoms with Crippen LogP contribution >= 0.6 is 11.8 Å². The van der Waals surface area contributed by atoms with Crippen LogP contribution in [-0.4, -0.2) is 36.4 Å². The number of ether oxygens (including phenoxy) is 1. The molecule has 0 bridgehead atoms. The van der Waals surface area contributed by atoms with E-state index in [-0.39, 0.29) is 12.7 Å². The highest BCUT2D eigenvalue weighted by Gasteiger charge is 2.04. The molecule has 0 saturated carbocycles. The third-order valence-corrected chi connectivity index (χ3v) is 5.67. The highest BCUT2D eigenvalue weighted by atomic mass is 32.2. The van der Waals surface area contributed by atoms with Crippen LogP contribution in [0.5, 0.6) is 0 Å². The van der Waals surface area contributed by atoms with Crippen LogP contribution in [-0.2, 0) is 4.74 Å². The number of thioether (sulfide) groups is 1. The van der Waals surface area contributed by atoms with Gasteiger partial charge in [0.1, 0.15) is 0 Å². The van der Waals surface area contributed by atoms with Gasteiger partial charge in [-0.3, -0.25) is 0 Å². The molecule has 0 saturated heterocycles. The van der Waals surface area contributed by atoms with Crippen LogP contribution in [0.3, 0.4) is 0 Å². The van der Waals surface area contributed by atoms with Gasteiger partial charge in [-0.25, -0.2) is 0 Å². The molecule has 0 aromatic carbocycles. The Kier molecular flexibility index (Phi) is 20.6. The molecule has 0 aromatic heterocycles. The SMILES string of the molecule is CCCCCCCCCCCCCCCCSC[C@H](CO)OC. The first-order valence-electron chi connectivity index (χ1n) is 10.1. The third kappa shape index (κ3) is 18.4. The van der Waals surface area contributed by atoms with Gasteiger partial charge >= 0.3 is 0 Å². The van der Waals surface area contributed by atoms with E-state index >= 15 is 0 Å². The lowest BCUT2D eigenvalue weighted by Crippen LogP contribution is -2.18. The summed E-state index contributed by atoms with van der Waals surface area (Å²) in [6, 6.07) is 0. The number of aliphatic hydroxyl groups excluding tert-OH is 1. The Labute approximate surface area is 150 Å². The molecule has 1 N–H and O–H groups in total. The van der Waals surface area contributed by atoms with Crippen LogP contribution in [0.2, 0.25) is 0 Å². The van der Waals surface area contributed by atoms with Crippen LogP contribution in [0.1, 0.15) is 96.8 Å². The molecule has 0 aliphatic rings. The van der Waals surface area contributed by atoms with E-state index in [1.54, 1.807) is 7.11 Å². The summed E-state index contributed by atoms with van der Waals surface area (Å²) in [5, 5.41) is 9.01. The van der Waals surface area contributed by atoms with Crippen molar-refractivity contribution in [2.75, 3.05) is 25.2 Å². The summed E-state index contributed by atoms with van der Waals surface area (Å²) in [7, 11) is 1.67. The molecule has 2 nitrogen and oxygen atoms in total. The van der Waals surface area contributed by atoms with Crippen molar-refractivity contribution in [1.29, 1.82) is 0 Å². The standard InChI is InChI=1S/C20H42O2S/c1-3-4-5-6-7-8-9-10-11-12-13-14-15-16-17-23-19-20(18-21)22-2/h20-21H,3-19H2,1-2H3/t20-/m0/s1. The summed E-state index contributed by atoms with van der Waals surface area (Å²) in [6.07, 6.45) is 19.9. The average Bonchev–Trinajstić information content (AvgIpc) is 2.58. The molecular formula is C20H42O2S. The fourth-order valence-corrected chi connectivity index (χ4v) is 3.89. The van der Waals surface area contributed by atoms with Gasteiger partial charge in [0.25, 0.3) is 0 Å². The summed E-state index contributed by atoms with van der Waals surface area (Å²) < 4.78 is 5.15. The van der Waals surface area contributed by atoms with Crippen molar-refractivity contribution in [1.82, 2.24) is 0 Å². The Balaban J connectivity index is 3.02. The molecule has 0 aromatic rings. The number of hydrogen-bond acceptors (Lipinski definition) is 3. The summed E-state index contributed by atoms with van der Waals surface area (Å²) >= 11 is 1.91. The smallest absolute Gasteiger partial charge is 0.0892 e. The Morgan fingerprint density at radius 3 is 1.57 bits per heavy atom. The van der Waals surface area contributed by atoms with Gasteiger partial charge in [-0.05, 0) is 12.2 Å². The second-order valence-electron chi connectivity index (χ2n) is 6.71. The Morgan fingerprint density at radius 2 is 1.17 bits per heavy atom. The molecule has 3 heteroatoms. The van der Waals surface area contributed by atoms with Crippen LogP contribution in [0.15, 0.2) is 0 Å². The topological polar surface area (TPSA) is 29.5 Å². The largest absolute Gasteiger partial charge is 0.394 e. The molecule has 0 aliphatic heterocycles. The highest BCUT2D eigenvalue weighted by molar-refractivity contribution is 7.99. The normalized spacial score (nSPS) is 12.7. The molecule has 0 radical (unpaired) electrons. The molecule has 0 fully saturated rings. The number of rotatable bonds is 19. The monoisotopic (exact) mass is 346 g/mol. The van der Waals surface area contributed by atoms with Gasteiger partial charge in [-0.2, -0.15) is 11.8 Å². The second kappa shape index (κ2) is 20.3. The lowest BCUT2D eigenvalue weighted by atomic mass is 10.0. The van der Waals surface area contributed by atoms with E-state index < -0.39 is 0 Å². The maximum atomic E-state index is 9.01. The van der Waals surface area contributed by atoms with Crippen molar-refractivity contribution in [3.63, 3.8) is 0 Å². The minimum Gasteiger partial charge on any atom is -0.394 e. The summed E-state index contributed by atoms with van der Waals surface area (Å²) in [6.45, 7) is 2.43. The molecule has 0 aliphatic carbocycles. The molecule has 0 unspecified atom stereocenters. The van der Waals surface area contributed by atoms with Gasteiger partial charge in [-0.1, -0.05) is 90.4 Å². The van der Waals surface area contributed by atoms with Crippen molar-refractivity contribution in [3.05, 3.63) is 0 Å². The first kappa shape index (κ1) is 23.3. The maximum Gasteiger partial charge on any atom is 0.0892 e. The van der Waals surface area contributed by atoms with Crippen LogP contribution in [0.25, 0.3) is 0 Å². The molecular weight excluding hydrogens is 304 g/mol. The first-order chi connectivity index (χ1) is 11.3. The van der Waals surface area contributed by atoms with Crippen LogP contribution < -0.4 is 0 Å². The first-order valence-corrected chi connectivity index (χ1v) is 11.2. The maximum absolute atomic E-state index is 9.01. The number of methoxy groups -OCH3 is 1. The lowest BCUT2D eigenvalue weighted by molar-refractivity contribution is 0.0656. The molecule has 0 amide bonds. The highest BCUT2D eigenvalue weighted by Crippen LogP contribution is 2.14. The van der Waals surface area contributed by atoms with E-state index in [1.165, 1.54) is 95.6 Å². The molecule has 23 heavy (non-hydrogen) atoms. The molecule has 1 atom stereocenters. The third-order valence-electron chi connectivity index (χ3n) is 4.48. The van der Waals surface area contributed by atoms with Gasteiger partial charge < -0.3 is 9.84 Å². The zero-order chi connectivity index (χ0) is 17.0. The van der Waals surface area contributed by atoms with Crippen molar-refractivity contribution < 1.29 is 9.84 Å². The van der Waals surface area contributed by atoms with Crippen molar-refractivity contribution in [2.45, 2.75) is 103 Å². The van der Waals surface area contributed by atoms with Gasteiger partial charge in [0, 0.05) is 12.9 Å². The second-order valence-corrected chi connectivity index (χ2v) is 7.86. The van der Waals surface area contributed by atoms with Crippen molar-refractivity contribution in [3.8, 4) is 0 Å². The van der Waals surface area contributed by atoms with Gasteiger partial charge in [0.05, 0.1) is 12.7 Å². The zero-order valence-corrected chi connectivity index (χ0v) is 16.7. The number of hydrogen-bond donors (Lipinski definition) is 1. The minimum absolute atomic E-state index is 0.0200. The predicted molar refractivity (Wildman–Crippen MR) is 106 cm³/mol. The number of aliphatic hydroxyl groups is 1. The molecule has 0 rings (SSSR count). The van der Waals surface area contributed by atoms with Crippen molar-refractivity contribution in [2.24, 2.45) is 0 Å². The van der Waals surface area contributed by atoms with Crippen LogP contribution in [0.4, 0.5) is 0 Å². The Morgan fingerprint density at radius 1 is 0.739 bits per heavy atom. The van der Waals surface area contributed by atoms with Crippen molar-refractivity contribution >= 4 is 11.8 Å². The summed E-state index contributed by atoms with van der Waals surface area (Å²) in [4.78, 5) is 0. The number of unbranched alkanes of at least 4 members (excludes halogenated alkanes) is 13. The van der Waals surface area contributed by atoms with E-state index in [1.807, 2.05) is 11.8 Å². The summed E-state index contributed by atoms with van der Waals surface area (Å²) in [5.41, 5.74) is 0. The molecule has 140 valence electrons. The summed E-state index contributed by atoms with van der Waals surface area (Å²) in [5.74, 6) is 2.13.